The molecular formula is C14H22O6. The van der Waals surface area contributed by atoms with Crippen molar-refractivity contribution in [3.63, 3.8) is 0 Å². The van der Waals surface area contributed by atoms with Crippen LogP contribution in [-0.2, 0) is 23.7 Å². The molecule has 0 aliphatic carbocycles. The fourth-order valence-corrected chi connectivity index (χ4v) is 4.58. The number of carbonyl (C=O) groups is 1. The Kier molecular flexibility index (Phi) is 2.61. The highest BCUT2D eigenvalue weighted by Gasteiger charge is 2.81. The molecule has 114 valence electrons. The maximum Gasteiger partial charge on any atom is 0.206 e. The number of hydrogen-bond donors (Lipinski definition) is 1. The lowest BCUT2D eigenvalue weighted by Gasteiger charge is -2.57. The van der Waals surface area contributed by atoms with Gasteiger partial charge < -0.3 is 24.1 Å². The molecule has 3 aliphatic rings. The van der Waals surface area contributed by atoms with Crippen molar-refractivity contribution in [2.45, 2.75) is 76.7 Å². The molecule has 3 aliphatic heterocycles. The monoisotopic (exact) mass is 286 g/mol. The summed E-state index contributed by atoms with van der Waals surface area (Å²) in [7, 11) is 0. The average molecular weight is 286 g/mol. The minimum absolute atomic E-state index is 0.132. The van der Waals surface area contributed by atoms with Crippen molar-refractivity contribution in [2.24, 2.45) is 5.92 Å². The smallest absolute Gasteiger partial charge is 0.206 e. The van der Waals surface area contributed by atoms with Gasteiger partial charge in [-0.25, -0.2) is 0 Å². The molecule has 0 aromatic rings. The van der Waals surface area contributed by atoms with Crippen LogP contribution in [0.5, 0.6) is 0 Å². The first-order valence-corrected chi connectivity index (χ1v) is 6.97. The van der Waals surface area contributed by atoms with Crippen LogP contribution in [0, 0.1) is 5.92 Å². The molecule has 0 aromatic heterocycles. The number of rotatable bonds is 2. The van der Waals surface area contributed by atoms with Crippen LogP contribution in [0.3, 0.4) is 0 Å². The van der Waals surface area contributed by atoms with E-state index in [0.29, 0.717) is 0 Å². The van der Waals surface area contributed by atoms with Gasteiger partial charge in [-0.1, -0.05) is 0 Å². The minimum atomic E-state index is -1.17. The molecule has 3 saturated heterocycles. The third-order valence-electron chi connectivity index (χ3n) is 4.97. The second-order valence-corrected chi connectivity index (χ2v) is 6.56. The number of ether oxygens (including phenoxy) is 4. The Hall–Kier alpha value is -0.530. The SMILES string of the molecule is CC(=O)[C@@H]1[C@]2(C)O[C@H](C)[C@@]3([C@@H](C)O)O[C@@]1(C)O[C@@]3(C)O2. The Morgan fingerprint density at radius 3 is 2.20 bits per heavy atom. The highest BCUT2D eigenvalue weighted by atomic mass is 16.9. The Labute approximate surface area is 118 Å². The van der Waals surface area contributed by atoms with E-state index in [9.17, 15) is 9.90 Å². The van der Waals surface area contributed by atoms with E-state index in [1.54, 1.807) is 27.7 Å². The summed E-state index contributed by atoms with van der Waals surface area (Å²) in [6.07, 6.45) is -1.35. The van der Waals surface area contributed by atoms with Gasteiger partial charge in [-0.05, 0) is 41.5 Å². The van der Waals surface area contributed by atoms with Crippen LogP contribution < -0.4 is 0 Å². The molecule has 3 heterocycles. The molecule has 1 N–H and O–H groups in total. The lowest BCUT2D eigenvalue weighted by molar-refractivity contribution is -0.466. The van der Waals surface area contributed by atoms with Gasteiger partial charge in [0.15, 0.2) is 17.2 Å². The lowest BCUT2D eigenvalue weighted by atomic mass is 9.80. The number of ketones is 1. The van der Waals surface area contributed by atoms with E-state index in [2.05, 4.69) is 0 Å². The number of carbonyl (C=O) groups excluding carboxylic acids is 1. The van der Waals surface area contributed by atoms with Crippen LogP contribution >= 0.6 is 0 Å². The van der Waals surface area contributed by atoms with E-state index in [0.717, 1.165) is 0 Å². The number of aliphatic hydroxyl groups is 1. The fraction of sp³-hybridized carbons (Fsp3) is 0.929. The summed E-state index contributed by atoms with van der Waals surface area (Å²) in [5.74, 6) is -4.30. The van der Waals surface area contributed by atoms with E-state index < -0.39 is 41.1 Å². The van der Waals surface area contributed by atoms with Gasteiger partial charge >= 0.3 is 0 Å². The van der Waals surface area contributed by atoms with Gasteiger partial charge in [-0.3, -0.25) is 4.79 Å². The third-order valence-corrected chi connectivity index (χ3v) is 4.97. The molecule has 6 nitrogen and oxygen atoms in total. The number of Topliss-reactive ketones (excluding diaryl/α,β-unsaturated/α-hetero) is 1. The predicted molar refractivity (Wildman–Crippen MR) is 67.6 cm³/mol. The molecule has 0 amide bonds. The zero-order chi connectivity index (χ0) is 15.1. The van der Waals surface area contributed by atoms with Crippen molar-refractivity contribution in [1.82, 2.24) is 0 Å². The molecule has 20 heavy (non-hydrogen) atoms. The van der Waals surface area contributed by atoms with Crippen LogP contribution in [-0.4, -0.2) is 46.1 Å². The summed E-state index contributed by atoms with van der Waals surface area (Å²) in [6, 6.07) is 0. The van der Waals surface area contributed by atoms with E-state index in [1.807, 2.05) is 6.92 Å². The van der Waals surface area contributed by atoms with E-state index in [1.165, 1.54) is 6.92 Å². The second-order valence-electron chi connectivity index (χ2n) is 6.56. The second kappa shape index (κ2) is 3.62. The van der Waals surface area contributed by atoms with Crippen LogP contribution in [0.4, 0.5) is 0 Å². The molecule has 0 unspecified atom stereocenters. The first kappa shape index (κ1) is 14.4. The maximum atomic E-state index is 12.1. The van der Waals surface area contributed by atoms with Gasteiger partial charge in [0, 0.05) is 0 Å². The zero-order valence-electron chi connectivity index (χ0n) is 12.7. The average Bonchev–Trinajstić information content (AvgIpc) is 2.36. The number of hydrogen-bond acceptors (Lipinski definition) is 6. The number of aliphatic hydroxyl groups excluding tert-OH is 1. The van der Waals surface area contributed by atoms with Gasteiger partial charge in [0.05, 0.1) is 12.2 Å². The molecule has 3 rings (SSSR count). The number of fused-ring (bicyclic) bond motifs is 2. The Morgan fingerprint density at radius 1 is 1.15 bits per heavy atom. The molecule has 6 heteroatoms. The van der Waals surface area contributed by atoms with Gasteiger partial charge in [-0.2, -0.15) is 0 Å². The third kappa shape index (κ3) is 1.34. The molecule has 7 atom stereocenters. The van der Waals surface area contributed by atoms with Crippen molar-refractivity contribution in [3.05, 3.63) is 0 Å². The largest absolute Gasteiger partial charge is 0.390 e. The van der Waals surface area contributed by atoms with Crippen LogP contribution in [0.2, 0.25) is 0 Å². The van der Waals surface area contributed by atoms with E-state index in [-0.39, 0.29) is 5.78 Å². The zero-order valence-corrected chi connectivity index (χ0v) is 12.7. The molecule has 3 bridgehead atoms. The summed E-state index contributed by atoms with van der Waals surface area (Å²) in [5, 5.41) is 10.3. The lowest BCUT2D eigenvalue weighted by Crippen LogP contribution is -2.74. The van der Waals surface area contributed by atoms with E-state index >= 15 is 0 Å². The van der Waals surface area contributed by atoms with Gasteiger partial charge in [0.2, 0.25) is 5.79 Å². The first-order chi connectivity index (χ1) is 9.01. The Bertz CT molecular complexity index is 478. The standard InChI is InChI=1S/C14H22O6/c1-7(15)10-11(4)17-9(3)14(8(2)16)13(6,18-11)19-12(10,5)20-14/h8-10,16H,1-6H3/t8-,9-,10-,11-,12-,13-,14-/m1/s1. The van der Waals surface area contributed by atoms with Crippen molar-refractivity contribution < 1.29 is 28.8 Å². The summed E-state index contributed by atoms with van der Waals surface area (Å²) in [4.78, 5) is 12.1. The van der Waals surface area contributed by atoms with E-state index in [4.69, 9.17) is 18.9 Å². The predicted octanol–water partition coefficient (Wildman–Crippen LogP) is 0.956. The summed E-state index contributed by atoms with van der Waals surface area (Å²) >= 11 is 0. The molecular weight excluding hydrogens is 264 g/mol. The summed E-state index contributed by atoms with van der Waals surface area (Å²) < 4.78 is 24.0. The Morgan fingerprint density at radius 2 is 1.70 bits per heavy atom. The maximum absolute atomic E-state index is 12.1. The van der Waals surface area contributed by atoms with Crippen molar-refractivity contribution >= 4 is 5.78 Å². The summed E-state index contributed by atoms with van der Waals surface area (Å²) in [5.41, 5.74) is -1.16. The molecule has 0 spiro atoms. The minimum Gasteiger partial charge on any atom is -0.390 e. The van der Waals surface area contributed by atoms with Crippen molar-refractivity contribution in [2.75, 3.05) is 0 Å². The highest BCUT2D eigenvalue weighted by molar-refractivity contribution is 5.80. The van der Waals surface area contributed by atoms with Crippen LogP contribution in [0.25, 0.3) is 0 Å². The van der Waals surface area contributed by atoms with Crippen molar-refractivity contribution in [1.29, 1.82) is 0 Å². The van der Waals surface area contributed by atoms with Gasteiger partial charge in [-0.15, -0.1) is 0 Å². The highest BCUT2D eigenvalue weighted by Crippen LogP contribution is 2.63. The summed E-state index contributed by atoms with van der Waals surface area (Å²) in [6.45, 7) is 10.1. The normalized spacial score (nSPS) is 58.8. The molecule has 0 aromatic carbocycles. The van der Waals surface area contributed by atoms with Crippen LogP contribution in [0.15, 0.2) is 0 Å². The molecule has 0 saturated carbocycles. The van der Waals surface area contributed by atoms with Crippen LogP contribution in [0.1, 0.15) is 41.5 Å². The Balaban J connectivity index is 2.22. The quantitative estimate of drug-likeness (QED) is 0.815. The molecule has 0 radical (unpaired) electrons. The van der Waals surface area contributed by atoms with Gasteiger partial charge in [0.25, 0.3) is 0 Å². The fourth-order valence-electron chi connectivity index (χ4n) is 4.58. The van der Waals surface area contributed by atoms with Crippen molar-refractivity contribution in [3.8, 4) is 0 Å². The first-order valence-electron chi connectivity index (χ1n) is 6.97. The topological polar surface area (TPSA) is 74.2 Å². The molecule has 3 fully saturated rings. The van der Waals surface area contributed by atoms with Gasteiger partial charge in [0.1, 0.15) is 11.7 Å².